The Morgan fingerprint density at radius 3 is 1.29 bits per heavy atom. The lowest BCUT2D eigenvalue weighted by atomic mass is 9.87. The van der Waals surface area contributed by atoms with Crippen LogP contribution in [-0.4, -0.2) is 382 Å². The molecule has 0 saturated carbocycles. The first kappa shape index (κ1) is 77.0. The van der Waals surface area contributed by atoms with Crippen LogP contribution in [0.1, 0.15) is 41.0 Å². The van der Waals surface area contributed by atoms with E-state index in [-0.39, 0.29) is 6.47 Å². The average Bonchev–Trinajstić information content (AvgIpc) is 0.775. The summed E-state index contributed by atoms with van der Waals surface area (Å²) < 4.78 is 81.9. The van der Waals surface area contributed by atoms with Gasteiger partial charge in [0.25, 0.3) is 6.47 Å². The molecule has 0 spiro atoms. The molecule has 538 valence electrons. The molecular formula is C53H89N3O37. The number of rotatable bonds is 26. The fourth-order valence-electron chi connectivity index (χ4n) is 12.3. The van der Waals surface area contributed by atoms with Crippen molar-refractivity contribution in [1.82, 2.24) is 16.0 Å². The smallest absolute Gasteiger partial charge is 0.332 e. The third-order valence-corrected chi connectivity index (χ3v) is 17.2. The van der Waals surface area contributed by atoms with E-state index in [2.05, 4.69) is 16.0 Å². The van der Waals surface area contributed by atoms with Gasteiger partial charge in [-0.1, -0.05) is 6.92 Å². The van der Waals surface area contributed by atoms with Gasteiger partial charge < -0.3 is 179 Å². The van der Waals surface area contributed by atoms with Crippen LogP contribution in [0.4, 0.5) is 0 Å². The van der Waals surface area contributed by atoms with Gasteiger partial charge >= 0.3 is 5.97 Å². The Labute approximate surface area is 529 Å². The maximum absolute atomic E-state index is 12.9. The zero-order valence-corrected chi connectivity index (χ0v) is 50.8. The summed E-state index contributed by atoms with van der Waals surface area (Å²) in [5.41, 5.74) is 0. The molecule has 0 radical (unpaired) electrons. The Balaban J connectivity index is 1.12. The number of carbonyl (C=O) groups excluding carboxylic acids is 4. The van der Waals surface area contributed by atoms with Crippen LogP contribution in [-0.2, 0) is 85.5 Å². The molecule has 0 aliphatic carbocycles. The molecule has 0 bridgehead atoms. The van der Waals surface area contributed by atoms with Crippen molar-refractivity contribution in [2.45, 2.75) is 255 Å². The zero-order valence-electron chi connectivity index (χ0n) is 50.8. The molecule has 93 heavy (non-hydrogen) atoms. The standard InChI is InChI=1S/C53H89N3O37/c1-15-20(68)6-53(80-14-64,92-41(15)31(70)21(69)7-57)93-46-34(73)24(10-60)83-51(40(46)79)89-44-27(13-63)86-49(30(37(44)76)56-19(5)67)91-47-38(77)32(71)22(8-58)84-52(47)90-45-33(72)23(9-59)82-50(39(45)78)88-43-26(12-62)85-48(29(36(43)75)55-18(4)66)87-42-25(11-61)81-16(2)28(35(42)74)54-17(3)65/h14-16,20-52,57-63,68-79H,6-13H2,1-5H3,(H,54,65)(H,55,66)(H,56,67)/t15-,16+,20-,21?,22?,23?,24?,25?,26?,27?,28?,29?,30?,31?,32-,33-,34+,35-,36-,37-,38?,39?,40?,41?,42-,43-,44+,45+,46+,47?,48+,49+,50+,51+,52-,53+/m1/s1. The number of nitrogens with one attached hydrogen (secondary N) is 3. The summed E-state index contributed by atoms with van der Waals surface area (Å²) in [7, 11) is 0. The highest BCUT2D eigenvalue weighted by atomic mass is 16.9. The second-order valence-corrected chi connectivity index (χ2v) is 23.7. The van der Waals surface area contributed by atoms with Gasteiger partial charge in [-0.3, -0.25) is 19.2 Å². The SMILES string of the molecule is CC(=O)NC1[C@H](O[C@@H]2C(CO)O[C@@H](C)C(NC(C)=O)[C@H]2O)OC(CO)[C@@H](O[C@@H]2OC(CO)[C@@H](O)[C@H](O[C@H]3OC(CO)[C@@H](O)C(O)C3O[C@@H]3OC(CO)[C@H](O[C@@H]4OC(CO)[C@H](O)[C@H](O[C@]5(OC=O)C[C@@H](O)[C@@H](C)C(C(O)C(O)CO)O5)C4O)[C@H](O)C3NC(C)=O)C2O)[C@@H]1O. The second-order valence-electron chi connectivity index (χ2n) is 23.7. The molecule has 7 aliphatic heterocycles. The fourth-order valence-corrected chi connectivity index (χ4v) is 12.3. The molecule has 36 atom stereocenters. The molecule has 0 aromatic carbocycles. The number of amides is 3. The van der Waals surface area contributed by atoms with E-state index < -0.39 is 291 Å². The van der Waals surface area contributed by atoms with Gasteiger partial charge in [0.1, 0.15) is 152 Å². The third kappa shape index (κ3) is 17.0. The van der Waals surface area contributed by atoms with Crippen molar-refractivity contribution in [2.24, 2.45) is 5.92 Å². The number of hydrogen-bond donors (Lipinski definition) is 22. The molecule has 3 amide bonds. The summed E-state index contributed by atoms with van der Waals surface area (Å²) in [5, 5.41) is 217. The molecule has 40 nitrogen and oxygen atoms in total. The minimum absolute atomic E-state index is 0.221. The number of aliphatic hydroxyl groups excluding tert-OH is 19. The lowest BCUT2D eigenvalue weighted by Crippen LogP contribution is -2.71. The molecule has 7 aliphatic rings. The molecule has 7 rings (SSSR count). The van der Waals surface area contributed by atoms with Gasteiger partial charge in [0.05, 0.1) is 77.0 Å². The number of hydrogen-bond acceptors (Lipinski definition) is 37. The molecular weight excluding hydrogens is 1270 g/mol. The summed E-state index contributed by atoms with van der Waals surface area (Å²) in [4.78, 5) is 49.5. The van der Waals surface area contributed by atoms with Crippen molar-refractivity contribution in [3.8, 4) is 0 Å². The van der Waals surface area contributed by atoms with E-state index in [9.17, 15) is 116 Å². The van der Waals surface area contributed by atoms with Crippen molar-refractivity contribution >= 4 is 24.2 Å². The Kier molecular flexibility index (Phi) is 27.7. The van der Waals surface area contributed by atoms with Crippen LogP contribution in [0.5, 0.6) is 0 Å². The first-order valence-corrected chi connectivity index (χ1v) is 29.9. The highest BCUT2D eigenvalue weighted by Gasteiger charge is 2.61. The van der Waals surface area contributed by atoms with Crippen LogP contribution in [0.25, 0.3) is 0 Å². The molecule has 7 heterocycles. The Bertz CT molecular complexity index is 2380. The highest BCUT2D eigenvalue weighted by molar-refractivity contribution is 5.74. The van der Waals surface area contributed by atoms with E-state index in [1.165, 1.54) is 20.8 Å². The van der Waals surface area contributed by atoms with Gasteiger partial charge in [0, 0.05) is 26.7 Å². The number of aliphatic hydroxyl groups is 19. The van der Waals surface area contributed by atoms with E-state index in [0.29, 0.717) is 0 Å². The summed E-state index contributed by atoms with van der Waals surface area (Å²) in [6.07, 6.45) is -60.5. The van der Waals surface area contributed by atoms with E-state index >= 15 is 0 Å². The van der Waals surface area contributed by atoms with Crippen LogP contribution in [0.2, 0.25) is 0 Å². The van der Waals surface area contributed by atoms with Crippen LogP contribution in [0.15, 0.2) is 0 Å². The predicted molar refractivity (Wildman–Crippen MR) is 290 cm³/mol. The first-order valence-electron chi connectivity index (χ1n) is 29.9. The Morgan fingerprint density at radius 2 is 0.839 bits per heavy atom. The van der Waals surface area contributed by atoms with E-state index in [1.807, 2.05) is 0 Å². The molecule has 40 heteroatoms. The minimum Gasteiger partial charge on any atom is -0.410 e. The van der Waals surface area contributed by atoms with Crippen molar-refractivity contribution in [1.29, 1.82) is 0 Å². The van der Waals surface area contributed by atoms with E-state index in [1.54, 1.807) is 0 Å². The summed E-state index contributed by atoms with van der Waals surface area (Å²) >= 11 is 0. The highest BCUT2D eigenvalue weighted by Crippen LogP contribution is 2.42. The second kappa shape index (κ2) is 33.4. The van der Waals surface area contributed by atoms with Crippen LogP contribution in [0.3, 0.4) is 0 Å². The monoisotopic (exact) mass is 1360 g/mol. The van der Waals surface area contributed by atoms with Crippen molar-refractivity contribution < 1.29 is 183 Å². The normalized spacial score (nSPS) is 47.2. The quantitative estimate of drug-likeness (QED) is 0.0282. The Hall–Kier alpha value is -3.40. The van der Waals surface area contributed by atoms with Crippen molar-refractivity contribution in [3.63, 3.8) is 0 Å². The van der Waals surface area contributed by atoms with Gasteiger partial charge in [-0.2, -0.15) is 0 Å². The summed E-state index contributed by atoms with van der Waals surface area (Å²) in [6, 6.07) is -4.75. The topological polar surface area (TPSA) is 618 Å². The van der Waals surface area contributed by atoms with Crippen LogP contribution in [0, 0.1) is 5.92 Å². The minimum atomic E-state index is -2.81. The van der Waals surface area contributed by atoms with Crippen LogP contribution >= 0.6 is 0 Å². The average molecular weight is 1360 g/mol. The lowest BCUT2D eigenvalue weighted by Gasteiger charge is -2.51. The largest absolute Gasteiger partial charge is 0.410 e. The zero-order chi connectivity index (χ0) is 68.8. The third-order valence-electron chi connectivity index (χ3n) is 17.2. The number of ether oxygens (including phenoxy) is 14. The van der Waals surface area contributed by atoms with E-state index in [4.69, 9.17) is 66.3 Å². The summed E-state index contributed by atoms with van der Waals surface area (Å²) in [6.45, 7) is -1.37. The van der Waals surface area contributed by atoms with Gasteiger partial charge in [0.2, 0.25) is 17.7 Å². The fraction of sp³-hybridized carbons (Fsp3) is 0.925. The molecule has 16 unspecified atom stereocenters. The lowest BCUT2D eigenvalue weighted by molar-refractivity contribution is -0.448. The molecule has 7 fully saturated rings. The summed E-state index contributed by atoms with van der Waals surface area (Å²) in [5.74, 6) is -6.18. The maximum atomic E-state index is 12.9. The predicted octanol–water partition coefficient (Wildman–Crippen LogP) is -14.2. The van der Waals surface area contributed by atoms with Gasteiger partial charge in [-0.05, 0) is 6.92 Å². The molecule has 7 saturated heterocycles. The van der Waals surface area contributed by atoms with Gasteiger partial charge in [0.15, 0.2) is 31.5 Å². The number of carbonyl (C=O) groups is 4. The van der Waals surface area contributed by atoms with Gasteiger partial charge in [-0.15, -0.1) is 0 Å². The molecule has 22 N–H and O–H groups in total. The molecule has 0 aromatic rings. The van der Waals surface area contributed by atoms with E-state index in [0.717, 1.165) is 13.8 Å². The van der Waals surface area contributed by atoms with Crippen molar-refractivity contribution in [2.75, 3.05) is 46.2 Å². The maximum Gasteiger partial charge on any atom is 0.332 e. The van der Waals surface area contributed by atoms with Crippen molar-refractivity contribution in [3.05, 3.63) is 0 Å². The molecule has 0 aromatic heterocycles. The Morgan fingerprint density at radius 1 is 0.462 bits per heavy atom. The van der Waals surface area contributed by atoms with Gasteiger partial charge in [-0.25, -0.2) is 0 Å². The first-order chi connectivity index (χ1) is 44.0. The van der Waals surface area contributed by atoms with Crippen LogP contribution < -0.4 is 16.0 Å².